The number of carbonyl (C=O) groups excluding carboxylic acids is 1. The minimum absolute atomic E-state index is 0.0642. The Balaban J connectivity index is 1.69. The van der Waals surface area contributed by atoms with Gasteiger partial charge in [-0.05, 0) is 38.9 Å². The quantitative estimate of drug-likeness (QED) is 0.653. The monoisotopic (exact) mass is 348 g/mol. The summed E-state index contributed by atoms with van der Waals surface area (Å²) in [6, 6.07) is 9.68. The number of piperidine rings is 1. The Labute approximate surface area is 151 Å². The van der Waals surface area contributed by atoms with Gasteiger partial charge in [-0.2, -0.15) is 0 Å². The molecule has 0 radical (unpaired) electrons. The highest BCUT2D eigenvalue weighted by Crippen LogP contribution is 2.10. The van der Waals surface area contributed by atoms with Crippen LogP contribution in [0.2, 0.25) is 0 Å². The number of nitrogens with one attached hydrogen (secondary N) is 2. The van der Waals surface area contributed by atoms with E-state index in [2.05, 4.69) is 34.5 Å². The van der Waals surface area contributed by atoms with Gasteiger partial charge in [-0.3, -0.25) is 0 Å². The van der Waals surface area contributed by atoms with Crippen LogP contribution in [-0.4, -0.2) is 79.9 Å². The Kier molecular flexibility index (Phi) is 8.18. The van der Waals surface area contributed by atoms with Crippen LogP contribution in [0.5, 0.6) is 0 Å². The summed E-state index contributed by atoms with van der Waals surface area (Å²) in [5.41, 5.74) is 1.11. The molecule has 1 atom stereocenters. The summed E-state index contributed by atoms with van der Waals surface area (Å²) < 4.78 is 0. The van der Waals surface area contributed by atoms with Gasteiger partial charge in [0.05, 0.1) is 12.6 Å². The van der Waals surface area contributed by atoms with E-state index >= 15 is 0 Å². The lowest BCUT2D eigenvalue weighted by Gasteiger charge is -2.33. The Morgan fingerprint density at radius 1 is 1.28 bits per heavy atom. The Bertz CT molecular complexity index is 501. The molecule has 0 spiro atoms. The van der Waals surface area contributed by atoms with Crippen LogP contribution in [0.1, 0.15) is 18.4 Å². The van der Waals surface area contributed by atoms with Gasteiger partial charge in [-0.1, -0.05) is 30.3 Å². The molecule has 1 aromatic carbocycles. The van der Waals surface area contributed by atoms with Crippen LogP contribution in [0.4, 0.5) is 4.79 Å². The van der Waals surface area contributed by atoms with Gasteiger partial charge in [0.2, 0.25) is 0 Å². The Morgan fingerprint density at radius 2 is 1.96 bits per heavy atom. The van der Waals surface area contributed by atoms with Crippen LogP contribution in [0, 0.1) is 0 Å². The third-order valence-electron chi connectivity index (χ3n) is 4.67. The van der Waals surface area contributed by atoms with Gasteiger partial charge in [0, 0.05) is 32.2 Å². The van der Waals surface area contributed by atoms with Crippen molar-refractivity contribution in [3.8, 4) is 0 Å². The topological polar surface area (TPSA) is 67.8 Å². The summed E-state index contributed by atoms with van der Waals surface area (Å²) in [7, 11) is 4.18. The second-order valence-corrected chi connectivity index (χ2v) is 7.11. The van der Waals surface area contributed by atoms with E-state index in [4.69, 9.17) is 0 Å². The standard InChI is InChI=1S/C19H32N4O2/c1-22(2)12-13-23-10-8-17(9-11-23)20-19(25)21-18(15-24)14-16-6-4-3-5-7-16/h3-7,17-18,24H,8-15H2,1-2H3,(H2,20,21,25). The largest absolute Gasteiger partial charge is 0.394 e. The fraction of sp³-hybridized carbons (Fsp3) is 0.632. The van der Waals surface area contributed by atoms with Gasteiger partial charge in [-0.25, -0.2) is 4.79 Å². The molecule has 6 heteroatoms. The highest BCUT2D eigenvalue weighted by atomic mass is 16.3. The molecule has 2 rings (SSSR count). The van der Waals surface area contributed by atoms with Gasteiger partial charge in [0.25, 0.3) is 0 Å². The number of hydrogen-bond donors (Lipinski definition) is 3. The molecule has 1 fully saturated rings. The average molecular weight is 348 g/mol. The number of likely N-dealkylation sites (N-methyl/N-ethyl adjacent to an activating group) is 1. The fourth-order valence-electron chi connectivity index (χ4n) is 3.11. The Hall–Kier alpha value is -1.63. The van der Waals surface area contributed by atoms with Crippen molar-refractivity contribution in [2.24, 2.45) is 0 Å². The number of hydrogen-bond acceptors (Lipinski definition) is 4. The summed E-state index contributed by atoms with van der Waals surface area (Å²) in [5, 5.41) is 15.5. The van der Waals surface area contributed by atoms with Crippen molar-refractivity contribution in [3.05, 3.63) is 35.9 Å². The zero-order valence-electron chi connectivity index (χ0n) is 15.4. The van der Waals surface area contributed by atoms with Crippen molar-refractivity contribution in [2.75, 3.05) is 46.9 Å². The van der Waals surface area contributed by atoms with Crippen molar-refractivity contribution in [1.29, 1.82) is 0 Å². The van der Waals surface area contributed by atoms with E-state index in [1.807, 2.05) is 30.3 Å². The summed E-state index contributed by atoms with van der Waals surface area (Å²) in [6.45, 7) is 4.12. The second kappa shape index (κ2) is 10.4. The molecule has 0 aromatic heterocycles. The molecule has 1 heterocycles. The number of benzene rings is 1. The smallest absolute Gasteiger partial charge is 0.315 e. The molecule has 0 saturated carbocycles. The van der Waals surface area contributed by atoms with E-state index in [0.717, 1.165) is 44.6 Å². The van der Waals surface area contributed by atoms with Crippen molar-refractivity contribution < 1.29 is 9.90 Å². The van der Waals surface area contributed by atoms with E-state index in [0.29, 0.717) is 6.42 Å². The average Bonchev–Trinajstić information content (AvgIpc) is 2.61. The maximum atomic E-state index is 12.2. The molecule has 2 amide bonds. The summed E-state index contributed by atoms with van der Waals surface area (Å²) in [6.07, 6.45) is 2.58. The van der Waals surface area contributed by atoms with E-state index < -0.39 is 0 Å². The maximum Gasteiger partial charge on any atom is 0.315 e. The first-order chi connectivity index (χ1) is 12.1. The van der Waals surface area contributed by atoms with Crippen LogP contribution in [-0.2, 0) is 6.42 Å². The second-order valence-electron chi connectivity index (χ2n) is 7.11. The molecule has 1 aliphatic heterocycles. The maximum absolute atomic E-state index is 12.2. The number of likely N-dealkylation sites (tertiary alicyclic amines) is 1. The molecule has 0 bridgehead atoms. The molecule has 0 aliphatic carbocycles. The van der Waals surface area contributed by atoms with E-state index in [9.17, 15) is 9.90 Å². The lowest BCUT2D eigenvalue weighted by Crippen LogP contribution is -2.51. The molecule has 1 aliphatic rings. The first kappa shape index (κ1) is 19.7. The molecule has 25 heavy (non-hydrogen) atoms. The summed E-state index contributed by atoms with van der Waals surface area (Å²) in [4.78, 5) is 16.9. The predicted molar refractivity (Wildman–Crippen MR) is 101 cm³/mol. The van der Waals surface area contributed by atoms with Crippen molar-refractivity contribution >= 4 is 6.03 Å². The van der Waals surface area contributed by atoms with E-state index in [1.165, 1.54) is 0 Å². The van der Waals surface area contributed by atoms with Crippen LogP contribution in [0.25, 0.3) is 0 Å². The number of nitrogens with zero attached hydrogens (tertiary/aromatic N) is 2. The SMILES string of the molecule is CN(C)CCN1CCC(NC(=O)NC(CO)Cc2ccccc2)CC1. The third-order valence-corrected chi connectivity index (χ3v) is 4.67. The lowest BCUT2D eigenvalue weighted by atomic mass is 10.0. The predicted octanol–water partition coefficient (Wildman–Crippen LogP) is 0.915. The number of aliphatic hydroxyl groups is 1. The minimum atomic E-state index is -0.261. The van der Waals surface area contributed by atoms with E-state index in [-0.39, 0.29) is 24.7 Å². The molecule has 3 N–H and O–H groups in total. The van der Waals surface area contributed by atoms with Crippen molar-refractivity contribution in [1.82, 2.24) is 20.4 Å². The Morgan fingerprint density at radius 3 is 2.56 bits per heavy atom. The first-order valence-electron chi connectivity index (χ1n) is 9.15. The first-order valence-corrected chi connectivity index (χ1v) is 9.15. The zero-order chi connectivity index (χ0) is 18.1. The van der Waals surface area contributed by atoms with Gasteiger partial charge >= 0.3 is 6.03 Å². The number of aliphatic hydroxyl groups excluding tert-OH is 1. The van der Waals surface area contributed by atoms with Gasteiger partial charge in [0.15, 0.2) is 0 Å². The molecular weight excluding hydrogens is 316 g/mol. The number of rotatable bonds is 8. The number of amides is 2. The van der Waals surface area contributed by atoms with Crippen LogP contribution in [0.3, 0.4) is 0 Å². The van der Waals surface area contributed by atoms with Crippen LogP contribution in [0.15, 0.2) is 30.3 Å². The lowest BCUT2D eigenvalue weighted by molar-refractivity contribution is 0.176. The zero-order valence-corrected chi connectivity index (χ0v) is 15.4. The molecule has 1 aromatic rings. The molecule has 140 valence electrons. The fourth-order valence-corrected chi connectivity index (χ4v) is 3.11. The normalized spacial score (nSPS) is 17.4. The highest BCUT2D eigenvalue weighted by molar-refractivity contribution is 5.74. The van der Waals surface area contributed by atoms with Crippen LogP contribution >= 0.6 is 0 Å². The van der Waals surface area contributed by atoms with Gasteiger partial charge in [-0.15, -0.1) is 0 Å². The van der Waals surface area contributed by atoms with E-state index in [1.54, 1.807) is 0 Å². The highest BCUT2D eigenvalue weighted by Gasteiger charge is 2.21. The molecule has 1 unspecified atom stereocenters. The number of carbonyl (C=O) groups is 1. The third kappa shape index (κ3) is 7.42. The molecule has 1 saturated heterocycles. The summed E-state index contributed by atoms with van der Waals surface area (Å²) in [5.74, 6) is 0. The van der Waals surface area contributed by atoms with Gasteiger partial charge in [0.1, 0.15) is 0 Å². The molecular formula is C19H32N4O2. The van der Waals surface area contributed by atoms with Gasteiger partial charge < -0.3 is 25.5 Å². The van der Waals surface area contributed by atoms with Crippen molar-refractivity contribution in [3.63, 3.8) is 0 Å². The summed E-state index contributed by atoms with van der Waals surface area (Å²) >= 11 is 0. The van der Waals surface area contributed by atoms with Crippen LogP contribution < -0.4 is 10.6 Å². The van der Waals surface area contributed by atoms with Crippen molar-refractivity contribution in [2.45, 2.75) is 31.3 Å². The minimum Gasteiger partial charge on any atom is -0.394 e. The number of urea groups is 1. The molecule has 6 nitrogen and oxygen atoms in total.